The van der Waals surface area contributed by atoms with E-state index in [1.165, 1.54) is 9.56 Å². The fourth-order valence-corrected chi connectivity index (χ4v) is 5.29. The van der Waals surface area contributed by atoms with E-state index in [0.29, 0.717) is 23.8 Å². The van der Waals surface area contributed by atoms with Gasteiger partial charge in [0.2, 0.25) is 5.91 Å². The first-order valence-electron chi connectivity index (χ1n) is 9.66. The highest BCUT2D eigenvalue weighted by molar-refractivity contribution is 7.19. The minimum absolute atomic E-state index is 0.0135. The number of hydrogen-bond acceptors (Lipinski definition) is 4. The highest BCUT2D eigenvalue weighted by Crippen LogP contribution is 2.28. The number of piperidine rings is 1. The van der Waals surface area contributed by atoms with Crippen molar-refractivity contribution in [2.24, 2.45) is 11.8 Å². The van der Waals surface area contributed by atoms with Crippen molar-refractivity contribution in [2.75, 3.05) is 13.1 Å². The molecule has 0 saturated carbocycles. The minimum atomic E-state index is -0.195. The Labute approximate surface area is 162 Å². The van der Waals surface area contributed by atoms with Gasteiger partial charge in [-0.3, -0.25) is 14.0 Å². The molecule has 0 aliphatic carbocycles. The number of thiophene rings is 1. The fraction of sp³-hybridized carbons (Fsp3) is 0.550. The lowest BCUT2D eigenvalue weighted by Crippen LogP contribution is -2.45. The number of nitrogens with zero attached hydrogens (tertiary/aromatic N) is 4. The SMILES string of the molecule is CCc1nn(CC(=O)N2C[C@H](C)C[C@@H](C)C2)c(=O)c2cc3sc(C)cc3n12. The monoisotopic (exact) mass is 386 g/mol. The second-order valence-corrected chi connectivity index (χ2v) is 9.24. The normalized spacial score (nSPS) is 20.7. The van der Waals surface area contributed by atoms with Crippen LogP contribution in [0.5, 0.6) is 0 Å². The van der Waals surface area contributed by atoms with Gasteiger partial charge in [-0.1, -0.05) is 20.8 Å². The molecule has 1 fully saturated rings. The summed E-state index contributed by atoms with van der Waals surface area (Å²) >= 11 is 1.68. The number of carbonyl (C=O) groups is 1. The number of likely N-dealkylation sites (tertiary alicyclic amines) is 1. The highest BCUT2D eigenvalue weighted by atomic mass is 32.1. The quantitative estimate of drug-likeness (QED) is 0.695. The summed E-state index contributed by atoms with van der Waals surface area (Å²) in [5.41, 5.74) is 1.45. The largest absolute Gasteiger partial charge is 0.341 e. The van der Waals surface area contributed by atoms with Crippen LogP contribution >= 0.6 is 11.3 Å². The molecule has 1 saturated heterocycles. The predicted octanol–water partition coefficient (Wildman–Crippen LogP) is 3.09. The molecule has 2 atom stereocenters. The molecule has 0 aromatic carbocycles. The summed E-state index contributed by atoms with van der Waals surface area (Å²) < 4.78 is 4.40. The summed E-state index contributed by atoms with van der Waals surface area (Å²) in [6.07, 6.45) is 1.84. The Kier molecular flexibility index (Phi) is 4.58. The maximum atomic E-state index is 13.0. The molecule has 1 aliphatic heterocycles. The number of carbonyl (C=O) groups excluding carboxylic acids is 1. The van der Waals surface area contributed by atoms with Crippen molar-refractivity contribution in [2.45, 2.75) is 47.1 Å². The number of amides is 1. The molecule has 4 heterocycles. The zero-order valence-corrected chi connectivity index (χ0v) is 17.2. The van der Waals surface area contributed by atoms with E-state index in [2.05, 4.69) is 31.9 Å². The lowest BCUT2D eigenvalue weighted by atomic mass is 9.92. The molecule has 3 aromatic rings. The van der Waals surface area contributed by atoms with Crippen molar-refractivity contribution in [1.29, 1.82) is 0 Å². The van der Waals surface area contributed by atoms with Gasteiger partial charge >= 0.3 is 0 Å². The van der Waals surface area contributed by atoms with Crippen LogP contribution in [0.4, 0.5) is 0 Å². The molecule has 27 heavy (non-hydrogen) atoms. The number of rotatable bonds is 3. The second kappa shape index (κ2) is 6.78. The molecule has 7 heteroatoms. The zero-order chi connectivity index (χ0) is 19.3. The molecule has 0 bridgehead atoms. The first kappa shape index (κ1) is 18.2. The second-order valence-electron chi connectivity index (χ2n) is 7.95. The van der Waals surface area contributed by atoms with Crippen LogP contribution in [0.2, 0.25) is 0 Å². The van der Waals surface area contributed by atoms with Gasteiger partial charge in [0.1, 0.15) is 17.9 Å². The molecule has 4 rings (SSSR count). The average molecular weight is 387 g/mol. The number of aryl methyl sites for hydroxylation is 2. The van der Waals surface area contributed by atoms with Gasteiger partial charge in [0.05, 0.1) is 10.2 Å². The standard InChI is InChI=1S/C20H26N4O2S/c1-5-18-21-23(11-19(25)22-9-12(2)6-13(3)10-22)20(26)16-8-17-15(24(16)18)7-14(4)27-17/h7-8,12-13H,5-6,9-11H2,1-4H3/t12-,13-/m1/s1. The molecule has 0 N–H and O–H groups in total. The zero-order valence-electron chi connectivity index (χ0n) is 16.4. The van der Waals surface area contributed by atoms with E-state index >= 15 is 0 Å². The molecule has 0 spiro atoms. The van der Waals surface area contributed by atoms with Crippen LogP contribution in [-0.4, -0.2) is 38.1 Å². The van der Waals surface area contributed by atoms with Crippen molar-refractivity contribution in [1.82, 2.24) is 19.1 Å². The maximum absolute atomic E-state index is 13.0. The third kappa shape index (κ3) is 3.18. The van der Waals surface area contributed by atoms with Gasteiger partial charge in [-0.05, 0) is 37.3 Å². The molecular formula is C20H26N4O2S. The number of fused-ring (bicyclic) bond motifs is 3. The molecule has 1 aliphatic rings. The van der Waals surface area contributed by atoms with E-state index in [4.69, 9.17) is 0 Å². The van der Waals surface area contributed by atoms with Crippen LogP contribution in [0.25, 0.3) is 15.7 Å². The van der Waals surface area contributed by atoms with Crippen molar-refractivity contribution < 1.29 is 4.79 Å². The first-order chi connectivity index (χ1) is 12.9. The van der Waals surface area contributed by atoms with Crippen LogP contribution in [0.15, 0.2) is 16.9 Å². The van der Waals surface area contributed by atoms with Crippen LogP contribution in [0.3, 0.4) is 0 Å². The van der Waals surface area contributed by atoms with Crippen molar-refractivity contribution in [3.8, 4) is 0 Å². The summed E-state index contributed by atoms with van der Waals surface area (Å²) in [4.78, 5) is 28.9. The summed E-state index contributed by atoms with van der Waals surface area (Å²) in [5.74, 6) is 1.79. The Hall–Kier alpha value is -2.15. The van der Waals surface area contributed by atoms with E-state index < -0.39 is 0 Å². The molecule has 0 unspecified atom stereocenters. The lowest BCUT2D eigenvalue weighted by molar-refractivity contribution is -0.134. The molecular weight excluding hydrogens is 360 g/mol. The van der Waals surface area contributed by atoms with Gasteiger partial charge in [-0.2, -0.15) is 5.10 Å². The minimum Gasteiger partial charge on any atom is -0.341 e. The topological polar surface area (TPSA) is 59.6 Å². The van der Waals surface area contributed by atoms with Crippen LogP contribution in [-0.2, 0) is 17.8 Å². The predicted molar refractivity (Wildman–Crippen MR) is 108 cm³/mol. The summed E-state index contributed by atoms with van der Waals surface area (Å²) in [7, 11) is 0. The summed E-state index contributed by atoms with van der Waals surface area (Å²) in [6, 6.07) is 4.03. The van der Waals surface area contributed by atoms with Crippen molar-refractivity contribution in [3.05, 3.63) is 33.2 Å². The van der Waals surface area contributed by atoms with E-state index in [9.17, 15) is 9.59 Å². The van der Waals surface area contributed by atoms with E-state index in [0.717, 1.165) is 35.6 Å². The van der Waals surface area contributed by atoms with Crippen LogP contribution in [0, 0.1) is 18.8 Å². The highest BCUT2D eigenvalue weighted by Gasteiger charge is 2.26. The summed E-state index contributed by atoms with van der Waals surface area (Å²) in [6.45, 7) is 9.99. The molecule has 0 radical (unpaired) electrons. The van der Waals surface area contributed by atoms with Gasteiger partial charge in [-0.25, -0.2) is 4.68 Å². The Bertz CT molecular complexity index is 1070. The molecule has 6 nitrogen and oxygen atoms in total. The average Bonchev–Trinajstić information content (AvgIpc) is 3.13. The first-order valence-corrected chi connectivity index (χ1v) is 10.5. The van der Waals surface area contributed by atoms with E-state index in [-0.39, 0.29) is 18.0 Å². The lowest BCUT2D eigenvalue weighted by Gasteiger charge is -2.35. The third-order valence-corrected chi connectivity index (χ3v) is 6.37. The van der Waals surface area contributed by atoms with Crippen LogP contribution in [0.1, 0.15) is 37.9 Å². The Balaban J connectivity index is 1.73. The Morgan fingerprint density at radius 1 is 1.22 bits per heavy atom. The van der Waals surface area contributed by atoms with Gasteiger partial charge in [0, 0.05) is 24.4 Å². The Morgan fingerprint density at radius 3 is 2.59 bits per heavy atom. The van der Waals surface area contributed by atoms with Crippen LogP contribution < -0.4 is 5.56 Å². The van der Waals surface area contributed by atoms with Gasteiger partial charge in [0.15, 0.2) is 0 Å². The summed E-state index contributed by atoms with van der Waals surface area (Å²) in [5, 5.41) is 4.55. The van der Waals surface area contributed by atoms with Crippen molar-refractivity contribution >= 4 is 33.0 Å². The van der Waals surface area contributed by atoms with Gasteiger partial charge < -0.3 is 4.90 Å². The van der Waals surface area contributed by atoms with Crippen molar-refractivity contribution in [3.63, 3.8) is 0 Å². The Morgan fingerprint density at radius 2 is 1.93 bits per heavy atom. The fourth-order valence-electron chi connectivity index (χ4n) is 4.34. The number of aromatic nitrogens is 3. The molecule has 3 aromatic heterocycles. The number of hydrogen-bond donors (Lipinski definition) is 0. The smallest absolute Gasteiger partial charge is 0.291 e. The molecule has 144 valence electrons. The maximum Gasteiger partial charge on any atom is 0.291 e. The molecule has 1 amide bonds. The van der Waals surface area contributed by atoms with E-state index in [1.807, 2.05) is 22.3 Å². The van der Waals surface area contributed by atoms with Gasteiger partial charge in [-0.15, -0.1) is 11.3 Å². The third-order valence-electron chi connectivity index (χ3n) is 5.38. The van der Waals surface area contributed by atoms with Gasteiger partial charge in [0.25, 0.3) is 5.56 Å². The van der Waals surface area contributed by atoms with E-state index in [1.54, 1.807) is 11.3 Å².